The van der Waals surface area contributed by atoms with E-state index in [-0.39, 0.29) is 30.9 Å². The van der Waals surface area contributed by atoms with Crippen molar-refractivity contribution in [3.05, 3.63) is 28.5 Å². The molecule has 0 atom stereocenters. The maximum atomic E-state index is 13.5. The first-order valence-electron chi connectivity index (χ1n) is 5.75. The monoisotopic (exact) mass is 316 g/mol. The van der Waals surface area contributed by atoms with Crippen molar-refractivity contribution < 1.29 is 14.3 Å². The molecule has 1 aromatic carbocycles. The van der Waals surface area contributed by atoms with E-state index in [9.17, 15) is 9.18 Å². The lowest BCUT2D eigenvalue weighted by Gasteiger charge is -2.22. The molecule has 0 aliphatic heterocycles. The van der Waals surface area contributed by atoms with Crippen molar-refractivity contribution in [2.45, 2.75) is 18.9 Å². The predicted octanol–water partition coefficient (Wildman–Crippen LogP) is 2.58. The zero-order chi connectivity index (χ0) is 13.1. The van der Waals surface area contributed by atoms with Crippen LogP contribution in [-0.2, 0) is 0 Å². The molecule has 4 nitrogen and oxygen atoms in total. The molecule has 1 aliphatic rings. The fraction of sp³-hybridized carbons (Fsp3) is 0.417. The highest BCUT2D eigenvalue weighted by Crippen LogP contribution is 2.28. The molecule has 0 spiro atoms. The van der Waals surface area contributed by atoms with Crippen LogP contribution in [0.1, 0.15) is 12.8 Å². The molecule has 1 aromatic rings. The lowest BCUT2D eigenvalue weighted by Crippen LogP contribution is -2.38. The Morgan fingerprint density at radius 1 is 1.56 bits per heavy atom. The maximum absolute atomic E-state index is 13.5. The van der Waals surface area contributed by atoms with Crippen LogP contribution in [0.3, 0.4) is 0 Å². The highest BCUT2D eigenvalue weighted by molar-refractivity contribution is 9.10. The number of halogens is 2. The second-order valence-electron chi connectivity index (χ2n) is 4.20. The number of hydrogen-bond acceptors (Lipinski definition) is 2. The molecule has 0 saturated heterocycles. The Hall–Kier alpha value is -1.14. The molecule has 0 radical (unpaired) electrons. The number of benzene rings is 1. The summed E-state index contributed by atoms with van der Waals surface area (Å²) in [7, 11) is 0. The number of carbonyl (C=O) groups is 1. The largest absolute Gasteiger partial charge is 0.395 e. The van der Waals surface area contributed by atoms with Gasteiger partial charge in [-0.05, 0) is 31.0 Å². The van der Waals surface area contributed by atoms with Crippen molar-refractivity contribution in [2.24, 2.45) is 0 Å². The first-order valence-corrected chi connectivity index (χ1v) is 6.54. The van der Waals surface area contributed by atoms with Crippen LogP contribution < -0.4 is 5.32 Å². The molecule has 18 heavy (non-hydrogen) atoms. The summed E-state index contributed by atoms with van der Waals surface area (Å²) in [6.45, 7) is 0.178. The Kier molecular flexibility index (Phi) is 4.19. The van der Waals surface area contributed by atoms with Crippen LogP contribution in [0.15, 0.2) is 22.7 Å². The van der Waals surface area contributed by atoms with E-state index in [1.54, 1.807) is 11.0 Å². The molecule has 0 heterocycles. The quantitative estimate of drug-likeness (QED) is 0.897. The van der Waals surface area contributed by atoms with Crippen LogP contribution in [-0.4, -0.2) is 35.2 Å². The minimum absolute atomic E-state index is 0.0924. The summed E-state index contributed by atoms with van der Waals surface area (Å²) in [6.07, 6.45) is 1.88. The normalized spacial score (nSPS) is 14.4. The van der Waals surface area contributed by atoms with Gasteiger partial charge in [-0.1, -0.05) is 15.9 Å². The average Bonchev–Trinajstić information content (AvgIpc) is 3.14. The van der Waals surface area contributed by atoms with E-state index in [1.165, 1.54) is 12.1 Å². The SMILES string of the molecule is O=C(Nc1cc(Br)ccc1F)N(CCO)C1CC1. The lowest BCUT2D eigenvalue weighted by atomic mass is 10.3. The predicted molar refractivity (Wildman–Crippen MR) is 69.9 cm³/mol. The summed E-state index contributed by atoms with van der Waals surface area (Å²) < 4.78 is 14.2. The number of amides is 2. The molecule has 2 rings (SSSR count). The highest BCUT2D eigenvalue weighted by Gasteiger charge is 2.32. The van der Waals surface area contributed by atoms with Gasteiger partial charge in [0.2, 0.25) is 0 Å². The van der Waals surface area contributed by atoms with Gasteiger partial charge < -0.3 is 15.3 Å². The fourth-order valence-corrected chi connectivity index (χ4v) is 2.09. The third-order valence-electron chi connectivity index (χ3n) is 2.76. The van der Waals surface area contributed by atoms with Crippen LogP contribution in [0.5, 0.6) is 0 Å². The van der Waals surface area contributed by atoms with E-state index in [0.717, 1.165) is 12.8 Å². The second-order valence-corrected chi connectivity index (χ2v) is 5.12. The summed E-state index contributed by atoms with van der Waals surface area (Å²) in [4.78, 5) is 13.5. The van der Waals surface area contributed by atoms with E-state index in [0.29, 0.717) is 4.47 Å². The average molecular weight is 317 g/mol. The minimum Gasteiger partial charge on any atom is -0.395 e. The van der Waals surface area contributed by atoms with E-state index >= 15 is 0 Å². The molecule has 2 N–H and O–H groups in total. The van der Waals surface area contributed by atoms with Gasteiger partial charge in [0.15, 0.2) is 0 Å². The van der Waals surface area contributed by atoms with E-state index in [2.05, 4.69) is 21.2 Å². The smallest absolute Gasteiger partial charge is 0.322 e. The van der Waals surface area contributed by atoms with Crippen molar-refractivity contribution in [3.8, 4) is 0 Å². The molecular weight excluding hydrogens is 303 g/mol. The van der Waals surface area contributed by atoms with E-state index in [1.807, 2.05) is 0 Å². The van der Waals surface area contributed by atoms with Gasteiger partial charge in [0.1, 0.15) is 5.82 Å². The molecule has 0 unspecified atom stereocenters. The Morgan fingerprint density at radius 3 is 2.89 bits per heavy atom. The highest BCUT2D eigenvalue weighted by atomic mass is 79.9. The fourth-order valence-electron chi connectivity index (χ4n) is 1.72. The number of rotatable bonds is 4. The van der Waals surface area contributed by atoms with Crippen LogP contribution in [0.4, 0.5) is 14.9 Å². The van der Waals surface area contributed by atoms with Crippen LogP contribution in [0, 0.1) is 5.82 Å². The first-order chi connectivity index (χ1) is 8.61. The van der Waals surface area contributed by atoms with Gasteiger partial charge in [-0.15, -0.1) is 0 Å². The number of anilines is 1. The number of carbonyl (C=O) groups excluding carboxylic acids is 1. The van der Waals surface area contributed by atoms with Gasteiger partial charge in [-0.3, -0.25) is 0 Å². The zero-order valence-electron chi connectivity index (χ0n) is 9.70. The summed E-state index contributed by atoms with van der Waals surface area (Å²) in [5.74, 6) is -0.480. The van der Waals surface area contributed by atoms with Crippen molar-refractivity contribution in [3.63, 3.8) is 0 Å². The number of aliphatic hydroxyl groups excluding tert-OH is 1. The number of aliphatic hydroxyl groups is 1. The second kappa shape index (κ2) is 5.67. The number of nitrogens with one attached hydrogen (secondary N) is 1. The van der Waals surface area contributed by atoms with Gasteiger partial charge in [-0.25, -0.2) is 9.18 Å². The van der Waals surface area contributed by atoms with Gasteiger partial charge in [0.05, 0.1) is 12.3 Å². The van der Waals surface area contributed by atoms with Gasteiger partial charge in [0.25, 0.3) is 0 Å². The Balaban J connectivity index is 2.07. The molecule has 98 valence electrons. The van der Waals surface area contributed by atoms with Crippen LogP contribution >= 0.6 is 15.9 Å². The van der Waals surface area contributed by atoms with Crippen LogP contribution in [0.25, 0.3) is 0 Å². The molecule has 0 bridgehead atoms. The van der Waals surface area contributed by atoms with Gasteiger partial charge in [-0.2, -0.15) is 0 Å². The Bertz CT molecular complexity index is 452. The maximum Gasteiger partial charge on any atom is 0.322 e. The molecule has 1 fully saturated rings. The summed E-state index contributed by atoms with van der Waals surface area (Å²) in [5.41, 5.74) is 0.137. The minimum atomic E-state index is -0.480. The number of nitrogens with zero attached hydrogens (tertiary/aromatic N) is 1. The summed E-state index contributed by atoms with van der Waals surface area (Å²) in [5, 5.41) is 11.5. The van der Waals surface area contributed by atoms with Crippen molar-refractivity contribution >= 4 is 27.6 Å². The number of urea groups is 1. The molecule has 1 saturated carbocycles. The first kappa shape index (κ1) is 13.3. The molecular formula is C12H14BrFN2O2. The van der Waals surface area contributed by atoms with E-state index in [4.69, 9.17) is 5.11 Å². The lowest BCUT2D eigenvalue weighted by molar-refractivity contribution is 0.185. The van der Waals surface area contributed by atoms with Gasteiger partial charge >= 0.3 is 6.03 Å². The Labute approximate surface area is 113 Å². The van der Waals surface area contributed by atoms with Crippen LogP contribution in [0.2, 0.25) is 0 Å². The Morgan fingerprint density at radius 2 is 2.28 bits per heavy atom. The summed E-state index contributed by atoms with van der Waals surface area (Å²) >= 11 is 3.22. The number of hydrogen-bond donors (Lipinski definition) is 2. The zero-order valence-corrected chi connectivity index (χ0v) is 11.3. The van der Waals surface area contributed by atoms with E-state index < -0.39 is 5.82 Å². The molecule has 6 heteroatoms. The van der Waals surface area contributed by atoms with Crippen molar-refractivity contribution in [1.29, 1.82) is 0 Å². The molecule has 2 amide bonds. The topological polar surface area (TPSA) is 52.6 Å². The van der Waals surface area contributed by atoms with Gasteiger partial charge in [0, 0.05) is 17.1 Å². The standard InChI is InChI=1S/C12H14BrFN2O2/c13-8-1-4-10(14)11(7-8)15-12(18)16(5-6-17)9-2-3-9/h1,4,7,9,17H,2-3,5-6H2,(H,15,18). The van der Waals surface area contributed by atoms with Crippen molar-refractivity contribution in [2.75, 3.05) is 18.5 Å². The third kappa shape index (κ3) is 3.20. The molecule has 0 aromatic heterocycles. The summed E-state index contributed by atoms with van der Waals surface area (Å²) in [6, 6.07) is 4.16. The third-order valence-corrected chi connectivity index (χ3v) is 3.25. The van der Waals surface area contributed by atoms with Crippen molar-refractivity contribution in [1.82, 2.24) is 4.90 Å². The molecule has 1 aliphatic carbocycles.